The molecule has 5 heteroatoms. The van der Waals surface area contributed by atoms with Crippen molar-refractivity contribution in [2.45, 2.75) is 40.2 Å². The summed E-state index contributed by atoms with van der Waals surface area (Å²) in [5, 5.41) is 0. The Balaban J connectivity index is 2.13. The molecule has 0 bridgehead atoms. The van der Waals surface area contributed by atoms with Crippen LogP contribution in [0.5, 0.6) is 0 Å². The van der Waals surface area contributed by atoms with Gasteiger partial charge < -0.3 is 9.80 Å². The molecule has 3 rings (SSSR count). The van der Waals surface area contributed by atoms with Gasteiger partial charge in [-0.3, -0.25) is 14.6 Å². The van der Waals surface area contributed by atoms with E-state index in [2.05, 4.69) is 9.89 Å². The number of anilines is 1. The number of Topliss-reactive ketones (excluding diaryl/α,β-unsaturated/α-hetero) is 1. The van der Waals surface area contributed by atoms with E-state index in [-0.39, 0.29) is 11.7 Å². The molecule has 0 N–H and O–H groups in total. The van der Waals surface area contributed by atoms with Gasteiger partial charge in [-0.05, 0) is 32.9 Å². The number of carbonyl (C=O) groups is 2. The predicted octanol–water partition coefficient (Wildman–Crippen LogP) is 2.75. The molecule has 0 radical (unpaired) electrons. The summed E-state index contributed by atoms with van der Waals surface area (Å²) in [6.07, 6.45) is 0. The van der Waals surface area contributed by atoms with Crippen molar-refractivity contribution < 1.29 is 9.59 Å². The standard InChI is InChI=1S/C19H25N3O2/c1-13(23)18(2,3)19(4,5)22-12-16-20-10-11-21(16)15-9-7-6-8-14(15)17(22)24/h6-9H,10-12H2,1-5H3. The maximum atomic E-state index is 13.3. The van der Waals surface area contributed by atoms with Gasteiger partial charge >= 0.3 is 0 Å². The summed E-state index contributed by atoms with van der Waals surface area (Å²) in [4.78, 5) is 34.1. The van der Waals surface area contributed by atoms with Gasteiger partial charge in [0.05, 0.1) is 29.9 Å². The van der Waals surface area contributed by atoms with Crippen LogP contribution in [-0.4, -0.2) is 47.6 Å². The van der Waals surface area contributed by atoms with Crippen LogP contribution in [0.3, 0.4) is 0 Å². The minimum Gasteiger partial charge on any atom is -0.326 e. The lowest BCUT2D eigenvalue weighted by molar-refractivity contribution is -0.131. The van der Waals surface area contributed by atoms with E-state index >= 15 is 0 Å². The molecule has 0 aliphatic carbocycles. The first kappa shape index (κ1) is 16.7. The molecule has 0 spiro atoms. The van der Waals surface area contributed by atoms with E-state index in [9.17, 15) is 9.59 Å². The Kier molecular flexibility index (Phi) is 3.78. The Morgan fingerprint density at radius 2 is 1.83 bits per heavy atom. The highest BCUT2D eigenvalue weighted by atomic mass is 16.2. The molecule has 128 valence electrons. The summed E-state index contributed by atoms with van der Waals surface area (Å²) in [7, 11) is 0. The molecule has 0 atom stereocenters. The topological polar surface area (TPSA) is 53.0 Å². The largest absolute Gasteiger partial charge is 0.326 e. The normalized spacial score (nSPS) is 18.0. The number of amides is 1. The van der Waals surface area contributed by atoms with Crippen molar-refractivity contribution in [1.29, 1.82) is 0 Å². The molecule has 0 aromatic heterocycles. The molecule has 2 aliphatic rings. The SMILES string of the molecule is CC(=O)C(C)(C)C(C)(C)N1CC2=NCCN2c2ccccc2C1=O. The number of nitrogens with zero attached hydrogens (tertiary/aromatic N) is 3. The Bertz CT molecular complexity index is 734. The van der Waals surface area contributed by atoms with Gasteiger partial charge in [-0.15, -0.1) is 0 Å². The number of hydrogen-bond acceptors (Lipinski definition) is 4. The second-order valence-corrected chi connectivity index (χ2v) is 7.60. The number of carbonyl (C=O) groups excluding carboxylic acids is 2. The molecule has 1 aromatic rings. The van der Waals surface area contributed by atoms with Gasteiger partial charge in [-0.2, -0.15) is 0 Å². The summed E-state index contributed by atoms with van der Waals surface area (Å²) in [5.74, 6) is 0.936. The highest BCUT2D eigenvalue weighted by molar-refractivity contribution is 6.12. The first-order chi connectivity index (χ1) is 11.2. The first-order valence-corrected chi connectivity index (χ1v) is 8.41. The Labute approximate surface area is 143 Å². The van der Waals surface area contributed by atoms with E-state index in [0.717, 1.165) is 24.6 Å². The molecular formula is C19H25N3O2. The number of amidine groups is 1. The van der Waals surface area contributed by atoms with E-state index in [1.807, 2.05) is 56.9 Å². The van der Waals surface area contributed by atoms with Crippen molar-refractivity contribution in [2.75, 3.05) is 24.5 Å². The molecule has 2 heterocycles. The van der Waals surface area contributed by atoms with E-state index in [4.69, 9.17) is 0 Å². The molecular weight excluding hydrogens is 302 g/mol. The maximum Gasteiger partial charge on any atom is 0.256 e. The second-order valence-electron chi connectivity index (χ2n) is 7.60. The zero-order valence-electron chi connectivity index (χ0n) is 15.1. The van der Waals surface area contributed by atoms with Crippen LogP contribution in [0, 0.1) is 5.41 Å². The summed E-state index contributed by atoms with van der Waals surface area (Å²) in [5.41, 5.74) is 0.297. The third-order valence-corrected chi connectivity index (χ3v) is 5.98. The van der Waals surface area contributed by atoms with E-state index < -0.39 is 11.0 Å². The summed E-state index contributed by atoms with van der Waals surface area (Å²) in [6, 6.07) is 7.67. The minimum absolute atomic E-state index is 0.0398. The number of ketones is 1. The smallest absolute Gasteiger partial charge is 0.256 e. The van der Waals surface area contributed by atoms with Crippen molar-refractivity contribution in [3.63, 3.8) is 0 Å². The van der Waals surface area contributed by atoms with Crippen LogP contribution < -0.4 is 4.90 Å². The minimum atomic E-state index is -0.661. The van der Waals surface area contributed by atoms with Crippen LogP contribution in [0.1, 0.15) is 45.0 Å². The Morgan fingerprint density at radius 1 is 1.17 bits per heavy atom. The van der Waals surface area contributed by atoms with Crippen LogP contribution in [0.2, 0.25) is 0 Å². The third-order valence-electron chi connectivity index (χ3n) is 5.98. The average Bonchev–Trinajstić information content (AvgIpc) is 2.95. The van der Waals surface area contributed by atoms with Gasteiger partial charge in [0.1, 0.15) is 11.6 Å². The lowest BCUT2D eigenvalue weighted by Crippen LogP contribution is -2.59. The van der Waals surface area contributed by atoms with Gasteiger partial charge in [0.2, 0.25) is 0 Å². The number of hydrogen-bond donors (Lipinski definition) is 0. The molecule has 0 saturated heterocycles. The Hall–Kier alpha value is -2.17. The highest BCUT2D eigenvalue weighted by Crippen LogP contribution is 2.40. The molecule has 0 fully saturated rings. The fourth-order valence-corrected chi connectivity index (χ4v) is 3.36. The average molecular weight is 327 g/mol. The van der Waals surface area contributed by atoms with Gasteiger partial charge in [0.15, 0.2) is 0 Å². The van der Waals surface area contributed by atoms with Gasteiger partial charge in [0, 0.05) is 12.0 Å². The number of fused-ring (bicyclic) bond motifs is 3. The third kappa shape index (κ3) is 2.26. The first-order valence-electron chi connectivity index (χ1n) is 8.41. The molecule has 1 amide bonds. The number of rotatable bonds is 3. The maximum absolute atomic E-state index is 13.3. The second kappa shape index (κ2) is 5.43. The van der Waals surface area contributed by atoms with Crippen molar-refractivity contribution in [1.82, 2.24) is 4.90 Å². The van der Waals surface area contributed by atoms with Gasteiger partial charge in [-0.1, -0.05) is 26.0 Å². The summed E-state index contributed by atoms with van der Waals surface area (Å²) in [6.45, 7) is 11.3. The van der Waals surface area contributed by atoms with Crippen molar-refractivity contribution in [3.8, 4) is 0 Å². The molecule has 0 saturated carbocycles. The van der Waals surface area contributed by atoms with E-state index in [1.54, 1.807) is 6.92 Å². The lowest BCUT2D eigenvalue weighted by Gasteiger charge is -2.47. The van der Waals surface area contributed by atoms with Gasteiger partial charge in [0.25, 0.3) is 5.91 Å². The molecule has 0 unspecified atom stereocenters. The number of benzene rings is 1. The van der Waals surface area contributed by atoms with Gasteiger partial charge in [-0.25, -0.2) is 0 Å². The summed E-state index contributed by atoms with van der Waals surface area (Å²) < 4.78 is 0. The van der Waals surface area contributed by atoms with Crippen molar-refractivity contribution in [3.05, 3.63) is 29.8 Å². The van der Waals surface area contributed by atoms with Crippen LogP contribution in [0.25, 0.3) is 0 Å². The molecule has 5 nitrogen and oxygen atoms in total. The molecule has 1 aromatic carbocycles. The fraction of sp³-hybridized carbons (Fsp3) is 0.526. The van der Waals surface area contributed by atoms with Crippen molar-refractivity contribution in [2.24, 2.45) is 10.4 Å². The van der Waals surface area contributed by atoms with Crippen LogP contribution in [-0.2, 0) is 4.79 Å². The van der Waals surface area contributed by atoms with Crippen molar-refractivity contribution >= 4 is 23.2 Å². The molecule has 2 aliphatic heterocycles. The zero-order chi connectivity index (χ0) is 17.7. The summed E-state index contributed by atoms with van der Waals surface area (Å²) >= 11 is 0. The Morgan fingerprint density at radius 3 is 2.50 bits per heavy atom. The van der Waals surface area contributed by atoms with Crippen LogP contribution in [0.4, 0.5) is 5.69 Å². The fourth-order valence-electron chi connectivity index (χ4n) is 3.36. The monoisotopic (exact) mass is 327 g/mol. The highest BCUT2D eigenvalue weighted by Gasteiger charge is 2.49. The molecule has 24 heavy (non-hydrogen) atoms. The predicted molar refractivity (Wildman–Crippen MR) is 95.7 cm³/mol. The van der Waals surface area contributed by atoms with Crippen LogP contribution in [0.15, 0.2) is 29.3 Å². The number of para-hydroxylation sites is 1. The number of aliphatic imine (C=N–C) groups is 1. The van der Waals surface area contributed by atoms with Crippen LogP contribution >= 0.6 is 0 Å². The van der Waals surface area contributed by atoms with E-state index in [0.29, 0.717) is 12.1 Å². The lowest BCUT2D eigenvalue weighted by atomic mass is 9.70. The zero-order valence-corrected chi connectivity index (χ0v) is 15.1. The quantitative estimate of drug-likeness (QED) is 0.858. The van der Waals surface area contributed by atoms with E-state index in [1.165, 1.54) is 0 Å².